The van der Waals surface area contributed by atoms with Gasteiger partial charge in [0.05, 0.1) is 22.1 Å². The molecule has 0 N–H and O–H groups in total. The van der Waals surface area contributed by atoms with E-state index in [0.717, 1.165) is 67.2 Å². The molecule has 1 spiro atoms. The molecule has 3 heterocycles. The summed E-state index contributed by atoms with van der Waals surface area (Å²) in [5.41, 5.74) is 13.2. The van der Waals surface area contributed by atoms with Crippen molar-refractivity contribution in [2.45, 2.75) is 5.41 Å². The molecule has 0 fully saturated rings. The van der Waals surface area contributed by atoms with Gasteiger partial charge in [0.1, 0.15) is 17.3 Å². The van der Waals surface area contributed by atoms with E-state index in [1.165, 1.54) is 38.4 Å². The van der Waals surface area contributed by atoms with Gasteiger partial charge in [-0.2, -0.15) is 0 Å². The Bertz CT molecular complexity index is 3070. The Morgan fingerprint density at radius 2 is 1.05 bits per heavy atom. The van der Waals surface area contributed by atoms with Crippen LogP contribution in [0.5, 0.6) is 11.5 Å². The van der Waals surface area contributed by atoms with Gasteiger partial charge in [0.2, 0.25) is 0 Å². The Hall–Kier alpha value is -7.23. The van der Waals surface area contributed by atoms with Crippen molar-refractivity contribution in [1.29, 1.82) is 0 Å². The fourth-order valence-electron chi connectivity index (χ4n) is 9.57. The van der Waals surface area contributed by atoms with Crippen molar-refractivity contribution in [2.24, 2.45) is 0 Å². The fourth-order valence-corrected chi connectivity index (χ4v) is 9.57. The highest BCUT2D eigenvalue weighted by Gasteiger charge is 2.51. The summed E-state index contributed by atoms with van der Waals surface area (Å²) < 4.78 is 9.39. The highest BCUT2D eigenvalue weighted by molar-refractivity contribution is 6.22. The number of pyridine rings is 1. The monoisotopic (exact) mass is 700 g/mol. The minimum Gasteiger partial charge on any atom is -0.457 e. The molecule has 0 atom stereocenters. The van der Waals surface area contributed by atoms with Crippen LogP contribution in [0.15, 0.2) is 194 Å². The molecule has 12 rings (SSSR count). The van der Waals surface area contributed by atoms with Crippen LogP contribution in [0.3, 0.4) is 0 Å². The van der Waals surface area contributed by atoms with E-state index >= 15 is 0 Å². The van der Waals surface area contributed by atoms with Gasteiger partial charge in [-0.25, -0.2) is 4.98 Å². The smallest absolute Gasteiger partial charge is 0.138 e. The second-order valence-electron chi connectivity index (χ2n) is 14.7. The number of para-hydroxylation sites is 1. The number of ether oxygens (including phenoxy) is 1. The largest absolute Gasteiger partial charge is 0.457 e. The second kappa shape index (κ2) is 11.4. The van der Waals surface area contributed by atoms with Gasteiger partial charge < -0.3 is 4.74 Å². The van der Waals surface area contributed by atoms with Gasteiger partial charge in [0.15, 0.2) is 0 Å². The van der Waals surface area contributed by atoms with Gasteiger partial charge in [-0.15, -0.1) is 0 Å². The summed E-state index contributed by atoms with van der Waals surface area (Å²) in [7, 11) is 0. The van der Waals surface area contributed by atoms with Crippen LogP contribution >= 0.6 is 0 Å². The summed E-state index contributed by atoms with van der Waals surface area (Å²) in [6.45, 7) is 0. The number of benzene rings is 8. The molecule has 1 aliphatic heterocycles. The molecule has 0 saturated heterocycles. The van der Waals surface area contributed by atoms with Crippen LogP contribution < -0.4 is 4.74 Å². The zero-order valence-electron chi connectivity index (χ0n) is 29.8. The maximum Gasteiger partial charge on any atom is 0.138 e. The van der Waals surface area contributed by atoms with Gasteiger partial charge >= 0.3 is 0 Å². The SMILES string of the molecule is c1ccc(-c2cc(-c3ccccc3)nc(-n3c4cc5c(cc4c4c6ccccc6ccc43)Oc3ccccc3C53c4ccccc4-c4ccccc43)c2)cc1. The Morgan fingerprint density at radius 1 is 0.418 bits per heavy atom. The van der Waals surface area contributed by atoms with Crippen molar-refractivity contribution in [3.8, 4) is 50.8 Å². The van der Waals surface area contributed by atoms with Crippen molar-refractivity contribution < 1.29 is 4.74 Å². The van der Waals surface area contributed by atoms with E-state index in [9.17, 15) is 0 Å². The molecule has 0 saturated carbocycles. The molecule has 8 aromatic carbocycles. The molecule has 3 nitrogen and oxygen atoms in total. The Balaban J connectivity index is 1.25. The van der Waals surface area contributed by atoms with E-state index < -0.39 is 5.41 Å². The lowest BCUT2D eigenvalue weighted by atomic mass is 9.66. The van der Waals surface area contributed by atoms with Gasteiger partial charge in [0, 0.05) is 27.5 Å². The first kappa shape index (κ1) is 30.3. The van der Waals surface area contributed by atoms with Crippen LogP contribution in [0, 0.1) is 0 Å². The molecule has 0 radical (unpaired) electrons. The van der Waals surface area contributed by atoms with Crippen molar-refractivity contribution in [1.82, 2.24) is 9.55 Å². The Labute approximate surface area is 318 Å². The highest BCUT2D eigenvalue weighted by Crippen LogP contribution is 2.62. The molecule has 0 amide bonds. The van der Waals surface area contributed by atoms with Crippen molar-refractivity contribution in [3.05, 3.63) is 216 Å². The lowest BCUT2D eigenvalue weighted by molar-refractivity contribution is 0.437. The normalized spacial score (nSPS) is 13.4. The van der Waals surface area contributed by atoms with Gasteiger partial charge in [0.25, 0.3) is 0 Å². The average Bonchev–Trinajstić information content (AvgIpc) is 3.74. The van der Waals surface area contributed by atoms with E-state index in [4.69, 9.17) is 9.72 Å². The van der Waals surface area contributed by atoms with Gasteiger partial charge in [-0.05, 0) is 80.6 Å². The average molecular weight is 701 g/mol. The molecule has 2 aromatic heterocycles. The van der Waals surface area contributed by atoms with Crippen LogP contribution in [0.25, 0.3) is 71.9 Å². The zero-order chi connectivity index (χ0) is 36.1. The lowest BCUT2D eigenvalue weighted by Gasteiger charge is -2.39. The lowest BCUT2D eigenvalue weighted by Crippen LogP contribution is -2.32. The molecular weight excluding hydrogens is 669 g/mol. The summed E-state index contributed by atoms with van der Waals surface area (Å²) in [4.78, 5) is 5.49. The predicted molar refractivity (Wildman–Crippen MR) is 224 cm³/mol. The number of nitrogens with zero attached hydrogens (tertiary/aromatic N) is 2. The minimum absolute atomic E-state index is 0.580. The summed E-state index contributed by atoms with van der Waals surface area (Å²) >= 11 is 0. The second-order valence-corrected chi connectivity index (χ2v) is 14.7. The number of rotatable bonds is 3. The first-order chi connectivity index (χ1) is 27.3. The number of fused-ring (bicyclic) bond motifs is 14. The standard InChI is InChI=1S/C52H32N2O/c1-3-15-33(16-4-1)36-29-45(35-18-5-2-6-19-35)53-50(30-36)54-46-28-27-34-17-7-8-20-37(34)51(46)40-31-49-44(32-47(40)54)52(43-25-13-14-26-48(43)55-49)41-23-11-9-21-38(41)39-22-10-12-24-42(39)52/h1-32H. The van der Waals surface area contributed by atoms with Gasteiger partial charge in [-0.3, -0.25) is 4.57 Å². The van der Waals surface area contributed by atoms with Crippen LogP contribution in [0.2, 0.25) is 0 Å². The predicted octanol–water partition coefficient (Wildman–Crippen LogP) is 13.1. The first-order valence-electron chi connectivity index (χ1n) is 18.9. The van der Waals surface area contributed by atoms with Crippen LogP contribution in [0.4, 0.5) is 0 Å². The fraction of sp³-hybridized carbons (Fsp3) is 0.0192. The van der Waals surface area contributed by atoms with Crippen molar-refractivity contribution in [2.75, 3.05) is 0 Å². The highest BCUT2D eigenvalue weighted by atomic mass is 16.5. The third-order valence-electron chi connectivity index (χ3n) is 11.8. The summed E-state index contributed by atoms with van der Waals surface area (Å²) in [6, 6.07) is 69.9. The third kappa shape index (κ3) is 4.18. The molecule has 1 aliphatic carbocycles. The van der Waals surface area contributed by atoms with E-state index in [2.05, 4.69) is 199 Å². The molecule has 256 valence electrons. The van der Waals surface area contributed by atoms with E-state index in [1.807, 2.05) is 0 Å². The summed E-state index contributed by atoms with van der Waals surface area (Å²) in [6.07, 6.45) is 0. The maximum absolute atomic E-state index is 7.01. The molecule has 0 bridgehead atoms. The summed E-state index contributed by atoms with van der Waals surface area (Å²) in [5, 5.41) is 4.72. The number of hydrogen-bond donors (Lipinski definition) is 0. The summed E-state index contributed by atoms with van der Waals surface area (Å²) in [5.74, 6) is 2.63. The van der Waals surface area contributed by atoms with Crippen LogP contribution in [0.1, 0.15) is 22.3 Å². The van der Waals surface area contributed by atoms with Gasteiger partial charge in [-0.1, -0.05) is 158 Å². The molecule has 10 aromatic rings. The topological polar surface area (TPSA) is 27.1 Å². The Kier molecular flexibility index (Phi) is 6.26. The van der Waals surface area contributed by atoms with Crippen molar-refractivity contribution in [3.63, 3.8) is 0 Å². The van der Waals surface area contributed by atoms with E-state index in [-0.39, 0.29) is 0 Å². The quantitative estimate of drug-likeness (QED) is 0.183. The molecule has 3 heteroatoms. The molecule has 55 heavy (non-hydrogen) atoms. The minimum atomic E-state index is -0.580. The number of hydrogen-bond acceptors (Lipinski definition) is 2. The molecule has 0 unspecified atom stereocenters. The van der Waals surface area contributed by atoms with Crippen LogP contribution in [-0.2, 0) is 5.41 Å². The van der Waals surface area contributed by atoms with Crippen LogP contribution in [-0.4, -0.2) is 9.55 Å². The van der Waals surface area contributed by atoms with E-state index in [0.29, 0.717) is 0 Å². The zero-order valence-corrected chi connectivity index (χ0v) is 29.8. The van der Waals surface area contributed by atoms with Crippen molar-refractivity contribution >= 4 is 32.6 Å². The molecule has 2 aliphatic rings. The third-order valence-corrected chi connectivity index (χ3v) is 11.8. The maximum atomic E-state index is 7.01. The number of aromatic nitrogens is 2. The molecular formula is C52H32N2O. The Morgan fingerprint density at radius 3 is 1.82 bits per heavy atom. The van der Waals surface area contributed by atoms with E-state index in [1.54, 1.807) is 0 Å². The first-order valence-corrected chi connectivity index (χ1v) is 18.9.